The number of nitrogens with one attached hydrogen (secondary N) is 1. The molecule has 3 heterocycles. The maximum absolute atomic E-state index is 13.3. The zero-order valence-electron chi connectivity index (χ0n) is 14.9. The number of hydrogen-bond acceptors (Lipinski definition) is 4. The van der Waals surface area contributed by atoms with Gasteiger partial charge in [0.15, 0.2) is 0 Å². The van der Waals surface area contributed by atoms with Crippen LogP contribution in [0, 0.1) is 6.92 Å². The van der Waals surface area contributed by atoms with Gasteiger partial charge in [-0.05, 0) is 38.9 Å². The standard InChI is InChI=1S/C20H21N3O2S/c1-13-19-15(12-26-13)20(25)21-16-5-3-4-6-17(16)23(19)18(24)11-14-7-9-22(2)10-8-14/h3-6,11-12H,7-10H2,1-2H3,(H,21,25). The van der Waals surface area contributed by atoms with Crippen molar-refractivity contribution in [2.24, 2.45) is 0 Å². The van der Waals surface area contributed by atoms with Crippen LogP contribution >= 0.6 is 11.3 Å². The molecule has 0 bridgehead atoms. The normalized spacial score (nSPS) is 17.2. The second-order valence-corrected chi connectivity index (χ2v) is 7.89. The van der Waals surface area contributed by atoms with Crippen molar-refractivity contribution in [2.45, 2.75) is 19.8 Å². The average Bonchev–Trinajstić information content (AvgIpc) is 2.94. The van der Waals surface area contributed by atoms with Gasteiger partial charge in [-0.1, -0.05) is 17.7 Å². The van der Waals surface area contributed by atoms with Crippen molar-refractivity contribution < 1.29 is 9.59 Å². The van der Waals surface area contributed by atoms with Crippen molar-refractivity contribution >= 4 is 40.2 Å². The van der Waals surface area contributed by atoms with Gasteiger partial charge in [-0.2, -0.15) is 0 Å². The van der Waals surface area contributed by atoms with E-state index >= 15 is 0 Å². The summed E-state index contributed by atoms with van der Waals surface area (Å²) in [5.74, 6) is -0.254. The highest BCUT2D eigenvalue weighted by atomic mass is 32.1. The number of para-hydroxylation sites is 2. The number of aryl methyl sites for hydroxylation is 1. The molecule has 1 saturated heterocycles. The quantitative estimate of drug-likeness (QED) is 0.777. The summed E-state index contributed by atoms with van der Waals surface area (Å²) in [5, 5.41) is 4.76. The van der Waals surface area contributed by atoms with Gasteiger partial charge in [0.2, 0.25) is 0 Å². The number of piperidine rings is 1. The number of thiophene rings is 1. The Morgan fingerprint density at radius 3 is 2.73 bits per heavy atom. The van der Waals surface area contributed by atoms with E-state index in [2.05, 4.69) is 17.3 Å². The van der Waals surface area contributed by atoms with Gasteiger partial charge >= 0.3 is 0 Å². The van der Waals surface area contributed by atoms with E-state index in [4.69, 9.17) is 0 Å². The van der Waals surface area contributed by atoms with Crippen LogP contribution in [0.4, 0.5) is 17.1 Å². The van der Waals surface area contributed by atoms with Gasteiger partial charge in [0, 0.05) is 29.4 Å². The third-order valence-corrected chi connectivity index (χ3v) is 5.88. The van der Waals surface area contributed by atoms with Crippen molar-refractivity contribution in [1.29, 1.82) is 0 Å². The molecule has 2 amide bonds. The van der Waals surface area contributed by atoms with Gasteiger partial charge in [-0.25, -0.2) is 0 Å². The Morgan fingerprint density at radius 1 is 1.23 bits per heavy atom. The first kappa shape index (κ1) is 17.0. The highest BCUT2D eigenvalue weighted by Gasteiger charge is 2.31. The van der Waals surface area contributed by atoms with E-state index in [-0.39, 0.29) is 11.8 Å². The molecule has 2 aliphatic rings. The molecule has 5 nitrogen and oxygen atoms in total. The van der Waals surface area contributed by atoms with Crippen LogP contribution in [0.25, 0.3) is 0 Å². The highest BCUT2D eigenvalue weighted by Crippen LogP contribution is 2.42. The molecule has 6 heteroatoms. The number of likely N-dealkylation sites (tertiary alicyclic amines) is 1. The summed E-state index contributed by atoms with van der Waals surface area (Å²) in [6.07, 6.45) is 3.58. The number of carbonyl (C=O) groups excluding carboxylic acids is 2. The van der Waals surface area contributed by atoms with Crippen molar-refractivity contribution in [3.8, 4) is 0 Å². The predicted molar refractivity (Wildman–Crippen MR) is 105 cm³/mol. The molecule has 4 rings (SSSR count). The number of hydrogen-bond donors (Lipinski definition) is 1. The number of rotatable bonds is 1. The first-order valence-corrected chi connectivity index (χ1v) is 9.63. The minimum absolute atomic E-state index is 0.0868. The molecular weight excluding hydrogens is 346 g/mol. The number of amides is 2. The lowest BCUT2D eigenvalue weighted by Gasteiger charge is -2.26. The van der Waals surface area contributed by atoms with Gasteiger partial charge in [0.25, 0.3) is 11.8 Å². The van der Waals surface area contributed by atoms with Gasteiger partial charge < -0.3 is 10.2 Å². The molecule has 0 spiro atoms. The molecule has 1 aromatic heterocycles. The van der Waals surface area contributed by atoms with Gasteiger partial charge in [0.05, 0.1) is 22.6 Å². The largest absolute Gasteiger partial charge is 0.320 e. The molecular formula is C20H21N3O2S. The summed E-state index contributed by atoms with van der Waals surface area (Å²) in [7, 11) is 2.10. The van der Waals surface area contributed by atoms with Crippen LogP contribution in [-0.4, -0.2) is 36.9 Å². The maximum atomic E-state index is 13.3. The Hall–Kier alpha value is -2.44. The summed E-state index contributed by atoms with van der Waals surface area (Å²) in [5.41, 5.74) is 3.80. The summed E-state index contributed by atoms with van der Waals surface area (Å²) in [4.78, 5) is 30.8. The average molecular weight is 367 g/mol. The third kappa shape index (κ3) is 2.95. The summed E-state index contributed by atoms with van der Waals surface area (Å²) in [6, 6.07) is 7.47. The van der Waals surface area contributed by atoms with Crippen molar-refractivity contribution in [1.82, 2.24) is 4.90 Å². The number of fused-ring (bicyclic) bond motifs is 2. The zero-order chi connectivity index (χ0) is 18.3. The van der Waals surface area contributed by atoms with Crippen LogP contribution in [0.2, 0.25) is 0 Å². The topological polar surface area (TPSA) is 52.7 Å². The van der Waals surface area contributed by atoms with Crippen molar-refractivity contribution in [3.05, 3.63) is 51.7 Å². The molecule has 0 saturated carbocycles. The number of benzene rings is 1. The van der Waals surface area contributed by atoms with Crippen LogP contribution in [0.3, 0.4) is 0 Å². The Kier molecular flexibility index (Phi) is 4.38. The third-order valence-electron chi connectivity index (χ3n) is 4.98. The second kappa shape index (κ2) is 6.70. The lowest BCUT2D eigenvalue weighted by Crippen LogP contribution is -2.29. The van der Waals surface area contributed by atoms with Crippen LogP contribution in [0.1, 0.15) is 28.1 Å². The van der Waals surface area contributed by atoms with Crippen LogP contribution < -0.4 is 10.2 Å². The Morgan fingerprint density at radius 2 is 1.96 bits per heavy atom. The van der Waals surface area contributed by atoms with Crippen LogP contribution in [0.15, 0.2) is 41.3 Å². The first-order valence-electron chi connectivity index (χ1n) is 8.75. The fourth-order valence-electron chi connectivity index (χ4n) is 3.49. The van der Waals surface area contributed by atoms with Crippen LogP contribution in [0.5, 0.6) is 0 Å². The Bertz CT molecular complexity index is 906. The monoisotopic (exact) mass is 367 g/mol. The van der Waals surface area contributed by atoms with Crippen molar-refractivity contribution in [2.75, 3.05) is 30.4 Å². The summed E-state index contributed by atoms with van der Waals surface area (Å²) in [6.45, 7) is 3.89. The fourth-order valence-corrected chi connectivity index (χ4v) is 4.32. The molecule has 0 atom stereocenters. The summed E-state index contributed by atoms with van der Waals surface area (Å²) < 4.78 is 0. The number of nitrogens with zero attached hydrogens (tertiary/aromatic N) is 2. The van der Waals surface area contributed by atoms with Crippen molar-refractivity contribution in [3.63, 3.8) is 0 Å². The van der Waals surface area contributed by atoms with E-state index < -0.39 is 0 Å². The molecule has 2 aliphatic heterocycles. The van der Waals surface area contributed by atoms with Gasteiger partial charge in [-0.15, -0.1) is 11.3 Å². The smallest absolute Gasteiger partial charge is 0.258 e. The Balaban J connectivity index is 1.80. The summed E-state index contributed by atoms with van der Waals surface area (Å²) >= 11 is 1.49. The maximum Gasteiger partial charge on any atom is 0.258 e. The molecule has 1 aromatic carbocycles. The molecule has 0 unspecified atom stereocenters. The van der Waals surface area contributed by atoms with E-state index in [0.29, 0.717) is 16.9 Å². The van der Waals surface area contributed by atoms with E-state index in [0.717, 1.165) is 36.5 Å². The van der Waals surface area contributed by atoms with E-state index in [9.17, 15) is 9.59 Å². The van der Waals surface area contributed by atoms with E-state index in [1.807, 2.05) is 36.6 Å². The minimum atomic E-state index is -0.168. The fraction of sp³-hybridized carbons (Fsp3) is 0.300. The lowest BCUT2D eigenvalue weighted by molar-refractivity contribution is -0.113. The van der Waals surface area contributed by atoms with E-state index in [1.165, 1.54) is 16.9 Å². The molecule has 134 valence electrons. The van der Waals surface area contributed by atoms with Gasteiger partial charge in [-0.3, -0.25) is 14.5 Å². The highest BCUT2D eigenvalue weighted by molar-refractivity contribution is 7.11. The Labute approximate surface area is 156 Å². The molecule has 2 aromatic rings. The molecule has 1 N–H and O–H groups in total. The molecule has 0 radical (unpaired) electrons. The first-order chi connectivity index (χ1) is 12.5. The molecule has 1 fully saturated rings. The zero-order valence-corrected chi connectivity index (χ0v) is 15.7. The molecule has 0 aliphatic carbocycles. The number of anilines is 3. The second-order valence-electron chi connectivity index (χ2n) is 6.80. The lowest BCUT2D eigenvalue weighted by atomic mass is 10.0. The van der Waals surface area contributed by atoms with Crippen LogP contribution in [-0.2, 0) is 4.79 Å². The minimum Gasteiger partial charge on any atom is -0.320 e. The van der Waals surface area contributed by atoms with E-state index in [1.54, 1.807) is 11.0 Å². The van der Waals surface area contributed by atoms with Gasteiger partial charge in [0.1, 0.15) is 0 Å². The SMILES string of the molecule is Cc1scc2c1N(C(=O)C=C1CCN(C)CC1)c1ccccc1NC2=O. The predicted octanol–water partition coefficient (Wildman–Crippen LogP) is 3.94. The number of carbonyl (C=O) groups is 2. The molecule has 26 heavy (non-hydrogen) atoms.